The summed E-state index contributed by atoms with van der Waals surface area (Å²) in [6.45, 7) is 2.13. The van der Waals surface area contributed by atoms with Crippen LogP contribution in [0.3, 0.4) is 0 Å². The summed E-state index contributed by atoms with van der Waals surface area (Å²) in [6, 6.07) is 12.7. The SMILES string of the molecule is Cc1ccccc1SCC(=O)NNC(=O)c1ccc2c(c1)OCO2. The van der Waals surface area contributed by atoms with Gasteiger partial charge < -0.3 is 9.47 Å². The Morgan fingerprint density at radius 1 is 1.08 bits per heavy atom. The molecule has 6 nitrogen and oxygen atoms in total. The number of nitrogens with one attached hydrogen (secondary N) is 2. The minimum absolute atomic E-state index is 0.146. The summed E-state index contributed by atoms with van der Waals surface area (Å²) in [5.74, 6) is 0.640. The predicted octanol–water partition coefficient (Wildman–Crippen LogP) is 2.28. The number of hydrazine groups is 1. The van der Waals surface area contributed by atoms with Crippen LogP contribution in [0.4, 0.5) is 0 Å². The first-order chi connectivity index (χ1) is 11.6. The van der Waals surface area contributed by atoms with E-state index in [1.807, 2.05) is 31.2 Å². The Bertz CT molecular complexity index is 779. The molecule has 2 aromatic carbocycles. The number of aryl methyl sites for hydroxylation is 1. The van der Waals surface area contributed by atoms with Gasteiger partial charge in [0.2, 0.25) is 12.7 Å². The van der Waals surface area contributed by atoms with Crippen LogP contribution in [0.25, 0.3) is 0 Å². The van der Waals surface area contributed by atoms with Crippen molar-refractivity contribution in [3.63, 3.8) is 0 Å². The predicted molar refractivity (Wildman–Crippen MR) is 90.1 cm³/mol. The summed E-state index contributed by atoms with van der Waals surface area (Å²) < 4.78 is 10.4. The topological polar surface area (TPSA) is 76.7 Å². The van der Waals surface area contributed by atoms with Gasteiger partial charge in [0.1, 0.15) is 0 Å². The van der Waals surface area contributed by atoms with E-state index in [1.54, 1.807) is 18.2 Å². The van der Waals surface area contributed by atoms with E-state index in [0.717, 1.165) is 10.5 Å². The van der Waals surface area contributed by atoms with Crippen molar-refractivity contribution < 1.29 is 19.1 Å². The van der Waals surface area contributed by atoms with Crippen molar-refractivity contribution in [3.05, 3.63) is 53.6 Å². The lowest BCUT2D eigenvalue weighted by Crippen LogP contribution is -2.42. The highest BCUT2D eigenvalue weighted by Crippen LogP contribution is 2.32. The molecule has 0 unspecified atom stereocenters. The molecule has 124 valence electrons. The number of hydrogen-bond donors (Lipinski definition) is 2. The van der Waals surface area contributed by atoms with Crippen LogP contribution in [0.15, 0.2) is 47.4 Å². The third-order valence-corrected chi connectivity index (χ3v) is 4.58. The van der Waals surface area contributed by atoms with Crippen molar-refractivity contribution in [2.45, 2.75) is 11.8 Å². The average Bonchev–Trinajstić information content (AvgIpc) is 3.06. The number of benzene rings is 2. The minimum Gasteiger partial charge on any atom is -0.454 e. The van der Waals surface area contributed by atoms with Gasteiger partial charge in [0.05, 0.1) is 5.75 Å². The quantitative estimate of drug-likeness (QED) is 0.657. The highest BCUT2D eigenvalue weighted by molar-refractivity contribution is 8.00. The molecule has 7 heteroatoms. The molecule has 0 spiro atoms. The maximum Gasteiger partial charge on any atom is 0.269 e. The first-order valence-electron chi connectivity index (χ1n) is 7.31. The molecule has 24 heavy (non-hydrogen) atoms. The van der Waals surface area contributed by atoms with E-state index in [1.165, 1.54) is 11.8 Å². The minimum atomic E-state index is -0.414. The van der Waals surface area contributed by atoms with Crippen LogP contribution >= 0.6 is 11.8 Å². The Balaban J connectivity index is 1.49. The van der Waals surface area contributed by atoms with Gasteiger partial charge in [-0.25, -0.2) is 0 Å². The van der Waals surface area contributed by atoms with E-state index in [0.29, 0.717) is 17.1 Å². The van der Waals surface area contributed by atoms with Crippen LogP contribution < -0.4 is 20.3 Å². The van der Waals surface area contributed by atoms with Crippen LogP contribution in [-0.4, -0.2) is 24.4 Å². The zero-order valence-electron chi connectivity index (χ0n) is 13.0. The van der Waals surface area contributed by atoms with Gasteiger partial charge in [-0.1, -0.05) is 18.2 Å². The molecule has 1 aliphatic heterocycles. The number of thioether (sulfide) groups is 1. The molecule has 0 saturated carbocycles. The van der Waals surface area contributed by atoms with Crippen molar-refractivity contribution >= 4 is 23.6 Å². The summed E-state index contributed by atoms with van der Waals surface area (Å²) in [6.07, 6.45) is 0. The molecule has 0 saturated heterocycles. The molecule has 0 fully saturated rings. The lowest BCUT2D eigenvalue weighted by molar-refractivity contribution is -0.119. The summed E-state index contributed by atoms with van der Waals surface area (Å²) in [4.78, 5) is 24.9. The molecular formula is C17H16N2O4S. The van der Waals surface area contributed by atoms with Crippen LogP contribution in [-0.2, 0) is 4.79 Å². The molecule has 2 N–H and O–H groups in total. The number of amides is 2. The van der Waals surface area contributed by atoms with Gasteiger partial charge in [0.25, 0.3) is 5.91 Å². The standard InChI is InChI=1S/C17H16N2O4S/c1-11-4-2-3-5-15(11)24-9-16(20)18-19-17(21)12-6-7-13-14(8-12)23-10-22-13/h2-8H,9-10H2,1H3,(H,18,20)(H,19,21). The third-order valence-electron chi connectivity index (χ3n) is 3.40. The molecule has 1 heterocycles. The van der Waals surface area contributed by atoms with E-state index in [9.17, 15) is 9.59 Å². The molecule has 0 aliphatic carbocycles. The fraction of sp³-hybridized carbons (Fsp3) is 0.176. The number of hydrogen-bond acceptors (Lipinski definition) is 5. The number of ether oxygens (including phenoxy) is 2. The van der Waals surface area contributed by atoms with Crippen LogP contribution in [0.1, 0.15) is 15.9 Å². The Kier molecular flexibility index (Phi) is 4.90. The van der Waals surface area contributed by atoms with Crippen LogP contribution in [0.2, 0.25) is 0 Å². The highest BCUT2D eigenvalue weighted by Gasteiger charge is 2.16. The van der Waals surface area contributed by atoms with Crippen LogP contribution in [0, 0.1) is 6.92 Å². The Labute approximate surface area is 143 Å². The van der Waals surface area contributed by atoms with Gasteiger partial charge in [0, 0.05) is 10.5 Å². The lowest BCUT2D eigenvalue weighted by atomic mass is 10.2. The van der Waals surface area contributed by atoms with Gasteiger partial charge in [-0.15, -0.1) is 11.8 Å². The molecular weight excluding hydrogens is 328 g/mol. The van der Waals surface area contributed by atoms with E-state index < -0.39 is 5.91 Å². The number of fused-ring (bicyclic) bond motifs is 1. The van der Waals surface area contributed by atoms with Crippen molar-refractivity contribution in [3.8, 4) is 11.5 Å². The van der Waals surface area contributed by atoms with Gasteiger partial charge in [-0.2, -0.15) is 0 Å². The molecule has 2 aromatic rings. The fourth-order valence-corrected chi connectivity index (χ4v) is 2.96. The lowest BCUT2D eigenvalue weighted by Gasteiger charge is -2.08. The zero-order chi connectivity index (χ0) is 16.9. The first kappa shape index (κ1) is 16.2. The van der Waals surface area contributed by atoms with E-state index >= 15 is 0 Å². The van der Waals surface area contributed by atoms with Crippen LogP contribution in [0.5, 0.6) is 11.5 Å². The maximum absolute atomic E-state index is 12.0. The van der Waals surface area contributed by atoms with Gasteiger partial charge in [-0.3, -0.25) is 20.4 Å². The summed E-state index contributed by atoms with van der Waals surface area (Å²) in [5, 5.41) is 0. The van der Waals surface area contributed by atoms with Gasteiger partial charge >= 0.3 is 0 Å². The smallest absolute Gasteiger partial charge is 0.269 e. The van der Waals surface area contributed by atoms with Crippen molar-refractivity contribution in [2.75, 3.05) is 12.5 Å². The molecule has 0 atom stereocenters. The van der Waals surface area contributed by atoms with Gasteiger partial charge in [-0.05, 0) is 36.8 Å². The maximum atomic E-state index is 12.0. The molecule has 2 amide bonds. The van der Waals surface area contributed by atoms with E-state index in [4.69, 9.17) is 9.47 Å². The second kappa shape index (κ2) is 7.27. The molecule has 0 bridgehead atoms. The highest BCUT2D eigenvalue weighted by atomic mass is 32.2. The zero-order valence-corrected chi connectivity index (χ0v) is 13.8. The van der Waals surface area contributed by atoms with Gasteiger partial charge in [0.15, 0.2) is 11.5 Å². The number of carbonyl (C=O) groups excluding carboxylic acids is 2. The average molecular weight is 344 g/mol. The normalized spacial score (nSPS) is 11.9. The second-order valence-corrected chi connectivity index (χ2v) is 6.14. The second-order valence-electron chi connectivity index (χ2n) is 5.12. The van der Waals surface area contributed by atoms with Crippen molar-refractivity contribution in [1.82, 2.24) is 10.9 Å². The molecule has 1 aliphatic rings. The summed E-state index contributed by atoms with van der Waals surface area (Å²) in [7, 11) is 0. The summed E-state index contributed by atoms with van der Waals surface area (Å²) in [5.41, 5.74) is 6.29. The first-order valence-corrected chi connectivity index (χ1v) is 8.29. The van der Waals surface area contributed by atoms with Crippen molar-refractivity contribution in [2.24, 2.45) is 0 Å². The molecule has 0 radical (unpaired) electrons. The summed E-state index contributed by atoms with van der Waals surface area (Å²) >= 11 is 1.42. The van der Waals surface area contributed by atoms with Crippen molar-refractivity contribution in [1.29, 1.82) is 0 Å². The molecule has 3 rings (SSSR count). The van der Waals surface area contributed by atoms with E-state index in [2.05, 4.69) is 10.9 Å². The fourth-order valence-electron chi connectivity index (χ4n) is 2.13. The monoisotopic (exact) mass is 344 g/mol. The Morgan fingerprint density at radius 3 is 2.71 bits per heavy atom. The Morgan fingerprint density at radius 2 is 1.88 bits per heavy atom. The number of rotatable bonds is 4. The Hall–Kier alpha value is -2.67. The number of carbonyl (C=O) groups is 2. The molecule has 0 aromatic heterocycles. The van der Waals surface area contributed by atoms with E-state index in [-0.39, 0.29) is 18.5 Å². The third kappa shape index (κ3) is 3.80. The largest absolute Gasteiger partial charge is 0.454 e.